The van der Waals surface area contributed by atoms with E-state index in [1.807, 2.05) is 18.2 Å². The molecule has 0 saturated heterocycles. The maximum Gasteiger partial charge on any atom is 0.0453 e. The third-order valence-electron chi connectivity index (χ3n) is 3.23. The predicted molar refractivity (Wildman–Crippen MR) is 90.3 cm³/mol. The molecule has 1 nitrogen and oxygen atoms in total. The Hall–Kier alpha value is -0.540. The molecule has 0 aliphatic heterocycles. The van der Waals surface area contributed by atoms with E-state index in [-0.39, 0.29) is 0 Å². The van der Waals surface area contributed by atoms with Crippen molar-refractivity contribution in [3.05, 3.63) is 56.2 Å². The molecule has 0 radical (unpaired) electrons. The summed E-state index contributed by atoms with van der Waals surface area (Å²) >= 11 is 14.0. The average Bonchev–Trinajstić information content (AvgIpc) is 2.92. The summed E-state index contributed by atoms with van der Waals surface area (Å²) < 4.78 is 0. The molecule has 0 bridgehead atoms. The first-order valence-electron chi connectivity index (χ1n) is 6.87. The molecule has 20 heavy (non-hydrogen) atoms. The molecule has 1 N–H and O–H groups in total. The summed E-state index contributed by atoms with van der Waals surface area (Å²) in [5, 5.41) is 9.40. The molecule has 0 amide bonds. The first-order chi connectivity index (χ1) is 9.69. The number of hydrogen-bond donors (Lipinski definition) is 1. The summed E-state index contributed by atoms with van der Waals surface area (Å²) in [6.07, 6.45) is 3.09. The molecule has 1 aromatic carbocycles. The van der Waals surface area contributed by atoms with Crippen LogP contribution in [-0.4, -0.2) is 12.6 Å². The summed E-state index contributed by atoms with van der Waals surface area (Å²) in [6, 6.07) is 8.35. The van der Waals surface area contributed by atoms with Crippen molar-refractivity contribution in [3.63, 3.8) is 0 Å². The van der Waals surface area contributed by atoms with Crippen LogP contribution in [0, 0.1) is 0 Å². The lowest BCUT2D eigenvalue weighted by molar-refractivity contribution is 0.505. The third-order valence-corrected chi connectivity index (χ3v) is 4.55. The smallest absolute Gasteiger partial charge is 0.0453 e. The Kier molecular flexibility index (Phi) is 6.37. The first-order valence-corrected chi connectivity index (χ1v) is 8.57. The van der Waals surface area contributed by atoms with Crippen LogP contribution in [0.3, 0.4) is 0 Å². The monoisotopic (exact) mass is 327 g/mol. The van der Waals surface area contributed by atoms with Crippen LogP contribution in [0.4, 0.5) is 0 Å². The minimum atomic E-state index is 0.406. The maximum atomic E-state index is 6.28. The van der Waals surface area contributed by atoms with Crippen LogP contribution in [0.25, 0.3) is 0 Å². The second kappa shape index (κ2) is 8.04. The highest BCUT2D eigenvalue weighted by molar-refractivity contribution is 7.07. The Morgan fingerprint density at radius 1 is 1.20 bits per heavy atom. The van der Waals surface area contributed by atoms with Gasteiger partial charge in [0.1, 0.15) is 0 Å². The van der Waals surface area contributed by atoms with Crippen molar-refractivity contribution in [3.8, 4) is 0 Å². The number of nitrogens with one attached hydrogen (secondary N) is 1. The van der Waals surface area contributed by atoms with Crippen molar-refractivity contribution in [1.82, 2.24) is 5.32 Å². The fourth-order valence-corrected chi connectivity index (χ4v) is 3.38. The molecule has 1 unspecified atom stereocenters. The van der Waals surface area contributed by atoms with Gasteiger partial charge in [-0.3, -0.25) is 0 Å². The van der Waals surface area contributed by atoms with Gasteiger partial charge in [-0.05, 0) is 65.9 Å². The van der Waals surface area contributed by atoms with E-state index >= 15 is 0 Å². The Morgan fingerprint density at radius 3 is 2.70 bits per heavy atom. The van der Waals surface area contributed by atoms with Crippen LogP contribution < -0.4 is 5.32 Å². The van der Waals surface area contributed by atoms with Crippen LogP contribution in [0.15, 0.2) is 35.0 Å². The average molecular weight is 328 g/mol. The van der Waals surface area contributed by atoms with Crippen LogP contribution in [0.1, 0.15) is 24.5 Å². The van der Waals surface area contributed by atoms with Crippen molar-refractivity contribution in [1.29, 1.82) is 0 Å². The molecule has 108 valence electrons. The summed E-state index contributed by atoms with van der Waals surface area (Å²) in [5.41, 5.74) is 2.54. The molecule has 0 aliphatic carbocycles. The van der Waals surface area contributed by atoms with Gasteiger partial charge in [-0.1, -0.05) is 36.2 Å². The zero-order valence-electron chi connectivity index (χ0n) is 11.5. The minimum Gasteiger partial charge on any atom is -0.313 e. The molecule has 1 heterocycles. The topological polar surface area (TPSA) is 12.0 Å². The van der Waals surface area contributed by atoms with Crippen molar-refractivity contribution in [2.75, 3.05) is 6.54 Å². The largest absolute Gasteiger partial charge is 0.313 e. The van der Waals surface area contributed by atoms with Gasteiger partial charge in [0.15, 0.2) is 0 Å². The van der Waals surface area contributed by atoms with Crippen molar-refractivity contribution >= 4 is 34.5 Å². The van der Waals surface area contributed by atoms with Crippen LogP contribution in [0.2, 0.25) is 10.0 Å². The SMILES string of the molecule is CCCNC(Cc1ccsc1)Cc1ccc(Cl)cc1Cl. The number of rotatable bonds is 7. The van der Waals surface area contributed by atoms with E-state index in [0.29, 0.717) is 11.1 Å². The van der Waals surface area contributed by atoms with E-state index in [0.717, 1.165) is 36.4 Å². The Bertz CT molecular complexity index is 525. The molecule has 4 heteroatoms. The minimum absolute atomic E-state index is 0.406. The molecular weight excluding hydrogens is 309 g/mol. The molecule has 0 fully saturated rings. The van der Waals surface area contributed by atoms with Crippen molar-refractivity contribution in [2.24, 2.45) is 0 Å². The van der Waals surface area contributed by atoms with E-state index in [1.165, 1.54) is 5.56 Å². The van der Waals surface area contributed by atoms with Crippen LogP contribution in [0.5, 0.6) is 0 Å². The summed E-state index contributed by atoms with van der Waals surface area (Å²) in [4.78, 5) is 0. The Labute approximate surface area is 134 Å². The summed E-state index contributed by atoms with van der Waals surface area (Å²) in [6.45, 7) is 3.21. The summed E-state index contributed by atoms with van der Waals surface area (Å²) in [5.74, 6) is 0. The molecule has 2 aromatic rings. The normalized spacial score (nSPS) is 12.6. The molecule has 2 rings (SSSR count). The zero-order chi connectivity index (χ0) is 14.4. The van der Waals surface area contributed by atoms with Gasteiger partial charge in [-0.2, -0.15) is 11.3 Å². The quantitative estimate of drug-likeness (QED) is 0.736. The second-order valence-corrected chi connectivity index (χ2v) is 6.55. The molecule has 1 atom stereocenters. The van der Waals surface area contributed by atoms with Gasteiger partial charge >= 0.3 is 0 Å². The molecule has 0 aliphatic rings. The van der Waals surface area contributed by atoms with Gasteiger partial charge in [0, 0.05) is 16.1 Å². The predicted octanol–water partition coefficient (Wildman–Crippen LogP) is 5.21. The highest BCUT2D eigenvalue weighted by atomic mass is 35.5. The van der Waals surface area contributed by atoms with Gasteiger partial charge in [0.25, 0.3) is 0 Å². The molecule has 0 spiro atoms. The maximum absolute atomic E-state index is 6.28. The van der Waals surface area contributed by atoms with Crippen molar-refractivity contribution < 1.29 is 0 Å². The highest BCUT2D eigenvalue weighted by Gasteiger charge is 2.12. The van der Waals surface area contributed by atoms with E-state index in [9.17, 15) is 0 Å². The number of halogens is 2. The highest BCUT2D eigenvalue weighted by Crippen LogP contribution is 2.23. The fourth-order valence-electron chi connectivity index (χ4n) is 2.21. The van der Waals surface area contributed by atoms with Gasteiger partial charge in [-0.25, -0.2) is 0 Å². The van der Waals surface area contributed by atoms with E-state index in [2.05, 4.69) is 29.1 Å². The number of benzene rings is 1. The Morgan fingerprint density at radius 2 is 2.05 bits per heavy atom. The zero-order valence-corrected chi connectivity index (χ0v) is 13.9. The second-order valence-electron chi connectivity index (χ2n) is 4.93. The van der Waals surface area contributed by atoms with Crippen molar-refractivity contribution in [2.45, 2.75) is 32.2 Å². The van der Waals surface area contributed by atoms with Crippen LogP contribution in [-0.2, 0) is 12.8 Å². The summed E-state index contributed by atoms with van der Waals surface area (Å²) in [7, 11) is 0. The van der Waals surface area contributed by atoms with E-state index in [1.54, 1.807) is 11.3 Å². The molecule has 1 aromatic heterocycles. The lowest BCUT2D eigenvalue weighted by Crippen LogP contribution is -2.33. The molecule has 0 saturated carbocycles. The standard InChI is InChI=1S/C16H19Cl2NS/c1-2-6-19-15(8-12-5-7-20-11-12)9-13-3-4-14(17)10-16(13)18/h3-5,7,10-11,15,19H,2,6,8-9H2,1H3. The van der Waals surface area contributed by atoms with Gasteiger partial charge < -0.3 is 5.32 Å². The lowest BCUT2D eigenvalue weighted by atomic mass is 10.0. The fraction of sp³-hybridized carbons (Fsp3) is 0.375. The van der Waals surface area contributed by atoms with E-state index in [4.69, 9.17) is 23.2 Å². The number of hydrogen-bond acceptors (Lipinski definition) is 2. The van der Waals surface area contributed by atoms with Gasteiger partial charge in [0.05, 0.1) is 0 Å². The Balaban J connectivity index is 2.06. The number of thiophene rings is 1. The van der Waals surface area contributed by atoms with E-state index < -0.39 is 0 Å². The van der Waals surface area contributed by atoms with Gasteiger partial charge in [0.2, 0.25) is 0 Å². The third kappa shape index (κ3) is 4.78. The van der Waals surface area contributed by atoms with Crippen LogP contribution >= 0.6 is 34.5 Å². The van der Waals surface area contributed by atoms with Gasteiger partial charge in [-0.15, -0.1) is 0 Å². The first kappa shape index (κ1) is 15.8. The molecular formula is C16H19Cl2NS. The lowest BCUT2D eigenvalue weighted by Gasteiger charge is -2.19.